The van der Waals surface area contributed by atoms with Gasteiger partial charge in [-0.1, -0.05) is 18.2 Å². The van der Waals surface area contributed by atoms with Crippen molar-refractivity contribution in [3.63, 3.8) is 0 Å². The Labute approximate surface area is 128 Å². The molecule has 0 amide bonds. The van der Waals surface area contributed by atoms with E-state index in [9.17, 15) is 0 Å². The highest BCUT2D eigenvalue weighted by Crippen LogP contribution is 2.27. The zero-order valence-electron chi connectivity index (χ0n) is 13.7. The van der Waals surface area contributed by atoms with Crippen molar-refractivity contribution in [2.45, 2.75) is 39.7 Å². The molecule has 116 valence electrons. The van der Waals surface area contributed by atoms with E-state index in [1.54, 1.807) is 0 Å². The minimum Gasteiger partial charge on any atom is -0.356 e. The number of benzene rings is 1. The third-order valence-corrected chi connectivity index (χ3v) is 3.51. The van der Waals surface area contributed by atoms with Gasteiger partial charge in [-0.3, -0.25) is 4.99 Å². The predicted molar refractivity (Wildman–Crippen MR) is 91.2 cm³/mol. The van der Waals surface area contributed by atoms with E-state index in [2.05, 4.69) is 67.5 Å². The van der Waals surface area contributed by atoms with Crippen molar-refractivity contribution >= 4 is 11.6 Å². The van der Waals surface area contributed by atoms with Crippen molar-refractivity contribution in [2.75, 3.05) is 31.1 Å². The first-order valence-electron chi connectivity index (χ1n) is 7.90. The molecule has 2 rings (SSSR count). The molecule has 1 aliphatic rings. The summed E-state index contributed by atoms with van der Waals surface area (Å²) in [6.45, 7) is 12.2. The van der Waals surface area contributed by atoms with Crippen molar-refractivity contribution in [1.82, 2.24) is 10.6 Å². The first-order valence-corrected chi connectivity index (χ1v) is 7.90. The third-order valence-electron chi connectivity index (χ3n) is 3.51. The van der Waals surface area contributed by atoms with Gasteiger partial charge in [0.25, 0.3) is 0 Å². The molecule has 2 N–H and O–H groups in total. The Morgan fingerprint density at radius 3 is 2.76 bits per heavy atom. The Kier molecular flexibility index (Phi) is 5.23. The summed E-state index contributed by atoms with van der Waals surface area (Å²) < 4.78 is 0. The van der Waals surface area contributed by atoms with Crippen LogP contribution in [-0.2, 0) is 6.42 Å². The summed E-state index contributed by atoms with van der Waals surface area (Å²) in [5.74, 6) is 0.998. The third kappa shape index (κ3) is 4.46. The lowest BCUT2D eigenvalue weighted by Crippen LogP contribution is -2.42. The molecule has 21 heavy (non-hydrogen) atoms. The van der Waals surface area contributed by atoms with Crippen LogP contribution in [0.15, 0.2) is 29.3 Å². The first-order chi connectivity index (χ1) is 10.0. The summed E-state index contributed by atoms with van der Waals surface area (Å²) in [4.78, 5) is 7.07. The van der Waals surface area contributed by atoms with Gasteiger partial charge in [-0.15, -0.1) is 0 Å². The molecule has 1 aliphatic heterocycles. The van der Waals surface area contributed by atoms with Crippen LogP contribution in [0.1, 0.15) is 33.3 Å². The minimum absolute atomic E-state index is 0.147. The van der Waals surface area contributed by atoms with Gasteiger partial charge in [0.1, 0.15) is 0 Å². The summed E-state index contributed by atoms with van der Waals surface area (Å²) in [7, 11) is 0. The fourth-order valence-corrected chi connectivity index (χ4v) is 2.55. The first kappa shape index (κ1) is 15.8. The zero-order chi connectivity index (χ0) is 15.3. The van der Waals surface area contributed by atoms with Gasteiger partial charge in [-0.05, 0) is 45.7 Å². The molecule has 0 saturated heterocycles. The van der Waals surface area contributed by atoms with Gasteiger partial charge in [0.2, 0.25) is 0 Å². The maximum atomic E-state index is 4.77. The lowest BCUT2D eigenvalue weighted by molar-refractivity contribution is 0.432. The van der Waals surface area contributed by atoms with Gasteiger partial charge in [0, 0.05) is 30.9 Å². The van der Waals surface area contributed by atoms with Crippen LogP contribution in [0.4, 0.5) is 5.69 Å². The molecule has 0 atom stereocenters. The molecule has 0 radical (unpaired) electrons. The molecule has 1 aromatic rings. The molecular formula is C17H28N4. The maximum absolute atomic E-state index is 4.77. The number of para-hydroxylation sites is 1. The smallest absolute Gasteiger partial charge is 0.198 e. The average molecular weight is 288 g/mol. The molecule has 0 fully saturated rings. The number of aliphatic imine (C=N–C) groups is 1. The lowest BCUT2D eigenvalue weighted by atomic mass is 10.1. The highest BCUT2D eigenvalue weighted by Gasteiger charge is 2.22. The molecule has 4 nitrogen and oxygen atoms in total. The molecule has 0 unspecified atom stereocenters. The van der Waals surface area contributed by atoms with Crippen LogP contribution in [0.2, 0.25) is 0 Å². The lowest BCUT2D eigenvalue weighted by Gasteiger charge is -2.23. The van der Waals surface area contributed by atoms with E-state index in [4.69, 9.17) is 4.99 Å². The number of hydrogen-bond acceptors (Lipinski definition) is 2. The number of guanidine groups is 1. The summed E-state index contributed by atoms with van der Waals surface area (Å²) in [6, 6.07) is 8.60. The van der Waals surface area contributed by atoms with Crippen LogP contribution in [0.3, 0.4) is 0 Å². The van der Waals surface area contributed by atoms with E-state index in [1.165, 1.54) is 11.3 Å². The fraction of sp³-hybridized carbons (Fsp3) is 0.588. The van der Waals surface area contributed by atoms with Crippen LogP contribution >= 0.6 is 0 Å². The molecule has 4 heteroatoms. The SMILES string of the molecule is CCNC(=NCCNC(C)(C)C)N1CCc2ccccc21. The Bertz CT molecular complexity index is 488. The molecule has 0 spiro atoms. The molecule has 0 aliphatic carbocycles. The highest BCUT2D eigenvalue weighted by atomic mass is 15.3. The van der Waals surface area contributed by atoms with Gasteiger partial charge in [0.05, 0.1) is 6.54 Å². The van der Waals surface area contributed by atoms with Crippen LogP contribution < -0.4 is 15.5 Å². The van der Waals surface area contributed by atoms with Crippen molar-refractivity contribution in [3.8, 4) is 0 Å². The fourth-order valence-electron chi connectivity index (χ4n) is 2.55. The van der Waals surface area contributed by atoms with Crippen LogP contribution in [0.25, 0.3) is 0 Å². The standard InChI is InChI=1S/C17H28N4/c1-5-18-16(19-11-12-20-17(2,3)4)21-13-10-14-8-6-7-9-15(14)21/h6-9,20H,5,10-13H2,1-4H3,(H,18,19). The number of hydrogen-bond donors (Lipinski definition) is 2. The quantitative estimate of drug-likeness (QED) is 0.508. The molecule has 1 heterocycles. The van der Waals surface area contributed by atoms with Gasteiger partial charge in [-0.2, -0.15) is 0 Å². The summed E-state index contributed by atoms with van der Waals surface area (Å²) in [5.41, 5.74) is 2.85. The van der Waals surface area contributed by atoms with Crippen LogP contribution in [0, 0.1) is 0 Å². The second-order valence-electron chi connectivity index (χ2n) is 6.44. The normalized spacial score (nSPS) is 15.2. The van der Waals surface area contributed by atoms with E-state index in [1.807, 2.05) is 0 Å². The Hall–Kier alpha value is -1.55. The van der Waals surface area contributed by atoms with Gasteiger partial charge in [0.15, 0.2) is 5.96 Å². The molecular weight excluding hydrogens is 260 g/mol. The Morgan fingerprint density at radius 2 is 2.05 bits per heavy atom. The molecule has 0 bridgehead atoms. The van der Waals surface area contributed by atoms with Crippen molar-refractivity contribution in [2.24, 2.45) is 4.99 Å². The van der Waals surface area contributed by atoms with Crippen molar-refractivity contribution in [1.29, 1.82) is 0 Å². The summed E-state index contributed by atoms with van der Waals surface area (Å²) in [6.07, 6.45) is 1.10. The van der Waals surface area contributed by atoms with E-state index in [-0.39, 0.29) is 5.54 Å². The molecule has 0 aromatic heterocycles. The second kappa shape index (κ2) is 6.94. The number of anilines is 1. The van der Waals surface area contributed by atoms with E-state index < -0.39 is 0 Å². The number of fused-ring (bicyclic) bond motifs is 1. The van der Waals surface area contributed by atoms with Gasteiger partial charge >= 0.3 is 0 Å². The molecule has 0 saturated carbocycles. The number of nitrogens with zero attached hydrogens (tertiary/aromatic N) is 2. The van der Waals surface area contributed by atoms with E-state index >= 15 is 0 Å². The van der Waals surface area contributed by atoms with Gasteiger partial charge in [-0.25, -0.2) is 0 Å². The second-order valence-corrected chi connectivity index (χ2v) is 6.44. The van der Waals surface area contributed by atoms with Crippen molar-refractivity contribution < 1.29 is 0 Å². The number of nitrogens with one attached hydrogen (secondary N) is 2. The average Bonchev–Trinajstić information content (AvgIpc) is 2.85. The Morgan fingerprint density at radius 1 is 1.29 bits per heavy atom. The summed E-state index contributed by atoms with van der Waals surface area (Å²) in [5, 5.41) is 6.89. The monoisotopic (exact) mass is 288 g/mol. The number of rotatable bonds is 4. The van der Waals surface area contributed by atoms with E-state index in [0.29, 0.717) is 0 Å². The Balaban J connectivity index is 2.02. The predicted octanol–water partition coefficient (Wildman–Crippen LogP) is 2.40. The summed E-state index contributed by atoms with van der Waals surface area (Å²) >= 11 is 0. The van der Waals surface area contributed by atoms with E-state index in [0.717, 1.165) is 38.6 Å². The largest absolute Gasteiger partial charge is 0.356 e. The van der Waals surface area contributed by atoms with Gasteiger partial charge < -0.3 is 15.5 Å². The van der Waals surface area contributed by atoms with Crippen LogP contribution in [0.5, 0.6) is 0 Å². The van der Waals surface area contributed by atoms with Crippen LogP contribution in [-0.4, -0.2) is 37.7 Å². The minimum atomic E-state index is 0.147. The maximum Gasteiger partial charge on any atom is 0.198 e. The molecule has 1 aromatic carbocycles. The zero-order valence-corrected chi connectivity index (χ0v) is 13.7. The van der Waals surface area contributed by atoms with Crippen molar-refractivity contribution in [3.05, 3.63) is 29.8 Å². The topological polar surface area (TPSA) is 39.7 Å². The highest BCUT2D eigenvalue weighted by molar-refractivity contribution is 5.97.